The maximum Gasteiger partial charge on any atom is 0.390 e. The predicted molar refractivity (Wildman–Crippen MR) is 75.0 cm³/mol. The highest BCUT2D eigenvalue weighted by molar-refractivity contribution is 14.0. The first-order chi connectivity index (χ1) is 7.40. The Morgan fingerprint density at radius 2 is 1.94 bits per heavy atom. The van der Waals surface area contributed by atoms with Gasteiger partial charge >= 0.3 is 6.18 Å². The van der Waals surface area contributed by atoms with Gasteiger partial charge in [-0.1, -0.05) is 13.3 Å². The van der Waals surface area contributed by atoms with Gasteiger partial charge in [-0.25, -0.2) is 0 Å². The number of hydrogen-bond donors (Lipinski definition) is 1. The summed E-state index contributed by atoms with van der Waals surface area (Å²) in [4.78, 5) is 5.76. The third-order valence-corrected chi connectivity index (χ3v) is 2.11. The van der Waals surface area contributed by atoms with E-state index in [0.29, 0.717) is 5.96 Å². The summed E-state index contributed by atoms with van der Waals surface area (Å²) in [5.41, 5.74) is 0. The normalized spacial score (nSPS) is 12.0. The molecule has 0 spiro atoms. The van der Waals surface area contributed by atoms with Gasteiger partial charge in [0.15, 0.2) is 5.96 Å². The second-order valence-corrected chi connectivity index (χ2v) is 3.61. The number of hydrogen-bond acceptors (Lipinski definition) is 1. The first-order valence-electron chi connectivity index (χ1n) is 5.39. The number of nitrogens with one attached hydrogen (secondary N) is 1. The minimum Gasteiger partial charge on any atom is -0.356 e. The molecule has 0 saturated heterocycles. The molecule has 0 rings (SSSR count). The number of aliphatic imine (C=N–C) groups is 1. The monoisotopic (exact) mass is 367 g/mol. The van der Waals surface area contributed by atoms with Gasteiger partial charge in [0.25, 0.3) is 0 Å². The summed E-state index contributed by atoms with van der Waals surface area (Å²) in [5, 5.41) is 2.69. The SMILES string of the molecule is CCCCN(C)C(=NC)NCCC(F)(F)F.I. The Hall–Kier alpha value is -0.210. The van der Waals surface area contributed by atoms with Crippen LogP contribution in [0, 0.1) is 0 Å². The van der Waals surface area contributed by atoms with E-state index in [1.54, 1.807) is 7.05 Å². The van der Waals surface area contributed by atoms with Crippen LogP contribution in [0.1, 0.15) is 26.2 Å². The lowest BCUT2D eigenvalue weighted by Crippen LogP contribution is -2.40. The van der Waals surface area contributed by atoms with Crippen LogP contribution in [0.25, 0.3) is 0 Å². The molecule has 1 N–H and O–H groups in total. The lowest BCUT2D eigenvalue weighted by Gasteiger charge is -2.22. The average Bonchev–Trinajstić information content (AvgIpc) is 2.19. The Kier molecular flexibility index (Phi) is 11.0. The molecule has 0 aromatic rings. The van der Waals surface area contributed by atoms with Gasteiger partial charge in [-0.15, -0.1) is 24.0 Å². The van der Waals surface area contributed by atoms with E-state index in [1.807, 2.05) is 11.9 Å². The van der Waals surface area contributed by atoms with E-state index in [2.05, 4.69) is 17.2 Å². The van der Waals surface area contributed by atoms with E-state index in [1.165, 1.54) is 0 Å². The zero-order chi connectivity index (χ0) is 12.6. The molecule has 17 heavy (non-hydrogen) atoms. The van der Waals surface area contributed by atoms with E-state index in [-0.39, 0.29) is 30.5 Å². The fourth-order valence-corrected chi connectivity index (χ4v) is 1.20. The number of rotatable bonds is 5. The Morgan fingerprint density at radius 3 is 2.35 bits per heavy atom. The highest BCUT2D eigenvalue weighted by atomic mass is 127. The lowest BCUT2D eigenvalue weighted by molar-refractivity contribution is -0.132. The molecule has 0 aromatic carbocycles. The standard InChI is InChI=1S/C10H20F3N3.HI/c1-4-5-8-16(3)9(14-2)15-7-6-10(11,12)13;/h4-8H2,1-3H3,(H,14,15);1H. The molecule has 0 atom stereocenters. The van der Waals surface area contributed by atoms with Crippen LogP contribution in [0.5, 0.6) is 0 Å². The quantitative estimate of drug-likeness (QED) is 0.460. The summed E-state index contributed by atoms with van der Waals surface area (Å²) in [5.74, 6) is 0.512. The van der Waals surface area contributed by atoms with Crippen molar-refractivity contribution in [1.82, 2.24) is 10.2 Å². The number of halogens is 4. The van der Waals surface area contributed by atoms with E-state index < -0.39 is 12.6 Å². The Balaban J connectivity index is 0. The van der Waals surface area contributed by atoms with E-state index >= 15 is 0 Å². The van der Waals surface area contributed by atoms with Crippen LogP contribution in [0.15, 0.2) is 4.99 Å². The maximum absolute atomic E-state index is 11.9. The second kappa shape index (κ2) is 9.78. The maximum atomic E-state index is 11.9. The van der Waals surface area contributed by atoms with Crippen LogP contribution in [0.2, 0.25) is 0 Å². The number of unbranched alkanes of at least 4 members (excludes halogenated alkanes) is 1. The summed E-state index contributed by atoms with van der Waals surface area (Å²) in [7, 11) is 3.39. The van der Waals surface area contributed by atoms with E-state index in [0.717, 1.165) is 19.4 Å². The molecule has 0 amide bonds. The Bertz CT molecular complexity index is 219. The Morgan fingerprint density at radius 1 is 1.35 bits per heavy atom. The van der Waals surface area contributed by atoms with Crippen molar-refractivity contribution < 1.29 is 13.2 Å². The van der Waals surface area contributed by atoms with Crippen LogP contribution in [-0.4, -0.2) is 44.2 Å². The zero-order valence-corrected chi connectivity index (χ0v) is 12.8. The van der Waals surface area contributed by atoms with Crippen molar-refractivity contribution in [1.29, 1.82) is 0 Å². The molecule has 104 valence electrons. The van der Waals surface area contributed by atoms with Crippen molar-refractivity contribution >= 4 is 29.9 Å². The predicted octanol–water partition coefficient (Wildman–Crippen LogP) is 2.86. The Labute approximate surface area is 118 Å². The van der Waals surface area contributed by atoms with Gasteiger partial charge in [0, 0.05) is 27.2 Å². The zero-order valence-electron chi connectivity index (χ0n) is 10.5. The van der Waals surface area contributed by atoms with Crippen LogP contribution in [0.4, 0.5) is 13.2 Å². The summed E-state index contributed by atoms with van der Waals surface area (Å²) >= 11 is 0. The molecule has 0 fully saturated rings. The molecule has 0 heterocycles. The molecule has 7 heteroatoms. The molecule has 3 nitrogen and oxygen atoms in total. The smallest absolute Gasteiger partial charge is 0.356 e. The molecule has 0 aliphatic rings. The van der Waals surface area contributed by atoms with Crippen molar-refractivity contribution in [3.63, 3.8) is 0 Å². The topological polar surface area (TPSA) is 27.6 Å². The number of guanidine groups is 1. The van der Waals surface area contributed by atoms with Crippen molar-refractivity contribution in [3.8, 4) is 0 Å². The van der Waals surface area contributed by atoms with Gasteiger partial charge in [-0.2, -0.15) is 13.2 Å². The van der Waals surface area contributed by atoms with Crippen LogP contribution < -0.4 is 5.32 Å². The van der Waals surface area contributed by atoms with Crippen molar-refractivity contribution in [3.05, 3.63) is 0 Å². The van der Waals surface area contributed by atoms with Gasteiger partial charge in [0.2, 0.25) is 0 Å². The first-order valence-corrected chi connectivity index (χ1v) is 5.39. The summed E-state index contributed by atoms with van der Waals surface area (Å²) < 4.78 is 35.8. The summed E-state index contributed by atoms with van der Waals surface area (Å²) in [6.07, 6.45) is -2.91. The third-order valence-electron chi connectivity index (χ3n) is 2.11. The fraction of sp³-hybridized carbons (Fsp3) is 0.900. The van der Waals surface area contributed by atoms with Crippen LogP contribution in [-0.2, 0) is 0 Å². The molecule has 0 radical (unpaired) electrons. The van der Waals surface area contributed by atoms with Gasteiger partial charge in [-0.3, -0.25) is 4.99 Å². The van der Waals surface area contributed by atoms with Gasteiger partial charge < -0.3 is 10.2 Å². The minimum absolute atomic E-state index is 0. The first kappa shape index (κ1) is 19.1. The minimum atomic E-state index is -4.12. The largest absolute Gasteiger partial charge is 0.390 e. The number of nitrogens with zero attached hydrogens (tertiary/aromatic N) is 2. The highest BCUT2D eigenvalue weighted by Gasteiger charge is 2.26. The highest BCUT2D eigenvalue weighted by Crippen LogP contribution is 2.18. The molecule has 0 unspecified atom stereocenters. The number of alkyl halides is 3. The average molecular weight is 367 g/mol. The summed E-state index contributed by atoms with van der Waals surface area (Å²) in [6, 6.07) is 0. The molecule has 0 aliphatic heterocycles. The van der Waals surface area contributed by atoms with Gasteiger partial charge in [0.1, 0.15) is 0 Å². The van der Waals surface area contributed by atoms with E-state index in [9.17, 15) is 13.2 Å². The van der Waals surface area contributed by atoms with E-state index in [4.69, 9.17) is 0 Å². The molecular formula is C10H21F3IN3. The third kappa shape index (κ3) is 10.7. The van der Waals surface area contributed by atoms with Crippen molar-refractivity contribution in [2.45, 2.75) is 32.4 Å². The molecular weight excluding hydrogens is 346 g/mol. The van der Waals surface area contributed by atoms with Gasteiger partial charge in [0.05, 0.1) is 6.42 Å². The lowest BCUT2D eigenvalue weighted by atomic mass is 10.3. The van der Waals surface area contributed by atoms with Gasteiger partial charge in [-0.05, 0) is 6.42 Å². The summed E-state index contributed by atoms with van der Waals surface area (Å²) in [6.45, 7) is 2.72. The van der Waals surface area contributed by atoms with Crippen molar-refractivity contribution in [2.24, 2.45) is 4.99 Å². The molecule has 0 aliphatic carbocycles. The molecule has 0 saturated carbocycles. The van der Waals surface area contributed by atoms with Crippen LogP contribution in [0.3, 0.4) is 0 Å². The second-order valence-electron chi connectivity index (χ2n) is 3.61. The molecule has 0 aromatic heterocycles. The fourth-order valence-electron chi connectivity index (χ4n) is 1.20. The van der Waals surface area contributed by atoms with Crippen molar-refractivity contribution in [2.75, 3.05) is 27.2 Å². The van der Waals surface area contributed by atoms with Crippen LogP contribution >= 0.6 is 24.0 Å². The molecule has 0 bridgehead atoms.